The zero-order chi connectivity index (χ0) is 12.3. The van der Waals surface area contributed by atoms with Crippen molar-refractivity contribution in [3.63, 3.8) is 0 Å². The summed E-state index contributed by atoms with van der Waals surface area (Å²) in [5, 5.41) is 7.67. The number of hydrogen-bond donors (Lipinski definition) is 1. The molecule has 2 aromatic rings. The van der Waals surface area contributed by atoms with Gasteiger partial charge in [0.25, 0.3) is 0 Å². The number of nitrogens with one attached hydrogen (secondary N) is 1. The van der Waals surface area contributed by atoms with Gasteiger partial charge >= 0.3 is 0 Å². The molecule has 0 saturated heterocycles. The van der Waals surface area contributed by atoms with Crippen LogP contribution in [0.4, 0.5) is 4.39 Å². The first-order valence-corrected chi connectivity index (χ1v) is 6.68. The van der Waals surface area contributed by atoms with Crippen molar-refractivity contribution in [1.82, 2.24) is 5.32 Å². The van der Waals surface area contributed by atoms with Crippen molar-refractivity contribution in [2.45, 2.75) is 19.9 Å². The first-order valence-electron chi connectivity index (χ1n) is 5.74. The van der Waals surface area contributed by atoms with E-state index in [-0.39, 0.29) is 11.9 Å². The lowest BCUT2D eigenvalue weighted by Gasteiger charge is -2.18. The first-order chi connectivity index (χ1) is 8.22. The zero-order valence-electron chi connectivity index (χ0n) is 10.0. The molecule has 0 spiro atoms. The molecule has 0 radical (unpaired) electrons. The minimum Gasteiger partial charge on any atom is -0.306 e. The Kier molecular flexibility index (Phi) is 3.92. The van der Waals surface area contributed by atoms with Crippen LogP contribution in [0.3, 0.4) is 0 Å². The molecule has 1 nitrogen and oxygen atoms in total. The van der Waals surface area contributed by atoms with Crippen molar-refractivity contribution in [2.75, 3.05) is 6.54 Å². The van der Waals surface area contributed by atoms with Crippen molar-refractivity contribution >= 4 is 11.3 Å². The molecular weight excluding hydrogens is 233 g/mol. The lowest BCUT2D eigenvalue weighted by Crippen LogP contribution is -2.22. The SMILES string of the molecule is CCNC(c1cccc(F)c1)c1cscc1C. The highest BCUT2D eigenvalue weighted by atomic mass is 32.1. The standard InChI is InChI=1S/C14H16FNS/c1-3-16-14(13-9-17-8-10(13)2)11-5-4-6-12(15)7-11/h4-9,14,16H,3H2,1-2H3. The van der Waals surface area contributed by atoms with Gasteiger partial charge in [-0.3, -0.25) is 0 Å². The molecular formula is C14H16FNS. The second-order valence-electron chi connectivity index (χ2n) is 4.06. The molecule has 17 heavy (non-hydrogen) atoms. The maximum atomic E-state index is 13.3. The van der Waals surface area contributed by atoms with E-state index in [0.29, 0.717) is 0 Å². The molecule has 3 heteroatoms. The average Bonchev–Trinajstić information content (AvgIpc) is 2.72. The molecule has 1 aromatic carbocycles. The number of rotatable bonds is 4. The highest BCUT2D eigenvalue weighted by Crippen LogP contribution is 2.27. The van der Waals surface area contributed by atoms with Gasteiger partial charge in [0.05, 0.1) is 6.04 Å². The van der Waals surface area contributed by atoms with Gasteiger partial charge in [-0.05, 0) is 53.1 Å². The summed E-state index contributed by atoms with van der Waals surface area (Å²) in [5.41, 5.74) is 3.47. The summed E-state index contributed by atoms with van der Waals surface area (Å²) in [4.78, 5) is 0. The first kappa shape index (κ1) is 12.3. The van der Waals surface area contributed by atoms with Gasteiger partial charge in [0.1, 0.15) is 5.82 Å². The van der Waals surface area contributed by atoms with E-state index in [1.54, 1.807) is 23.5 Å². The van der Waals surface area contributed by atoms with Crippen LogP contribution < -0.4 is 5.32 Å². The van der Waals surface area contributed by atoms with Gasteiger partial charge in [-0.1, -0.05) is 19.1 Å². The maximum absolute atomic E-state index is 13.3. The summed E-state index contributed by atoms with van der Waals surface area (Å²) in [6.07, 6.45) is 0. The third kappa shape index (κ3) is 2.73. The Labute approximate surface area is 105 Å². The number of hydrogen-bond acceptors (Lipinski definition) is 2. The van der Waals surface area contributed by atoms with Crippen LogP contribution in [0.2, 0.25) is 0 Å². The predicted molar refractivity (Wildman–Crippen MR) is 71.0 cm³/mol. The molecule has 1 heterocycles. The summed E-state index contributed by atoms with van der Waals surface area (Å²) >= 11 is 1.69. The monoisotopic (exact) mass is 249 g/mol. The quantitative estimate of drug-likeness (QED) is 0.866. The van der Waals surface area contributed by atoms with Crippen LogP contribution in [-0.2, 0) is 0 Å². The van der Waals surface area contributed by atoms with E-state index in [1.807, 2.05) is 6.07 Å². The van der Waals surface area contributed by atoms with Crippen LogP contribution in [0.15, 0.2) is 35.0 Å². The topological polar surface area (TPSA) is 12.0 Å². The molecule has 0 bridgehead atoms. The summed E-state index contributed by atoms with van der Waals surface area (Å²) in [6.45, 7) is 5.01. The fraction of sp³-hybridized carbons (Fsp3) is 0.286. The van der Waals surface area contributed by atoms with E-state index in [4.69, 9.17) is 0 Å². The Morgan fingerprint density at radius 2 is 2.18 bits per heavy atom. The Morgan fingerprint density at radius 1 is 1.35 bits per heavy atom. The van der Waals surface area contributed by atoms with Crippen molar-refractivity contribution in [2.24, 2.45) is 0 Å². The molecule has 90 valence electrons. The number of benzene rings is 1. The van der Waals surface area contributed by atoms with E-state index in [9.17, 15) is 4.39 Å². The van der Waals surface area contributed by atoms with Crippen LogP contribution in [0.5, 0.6) is 0 Å². The van der Waals surface area contributed by atoms with Gasteiger partial charge in [-0.2, -0.15) is 11.3 Å². The maximum Gasteiger partial charge on any atom is 0.123 e. The Morgan fingerprint density at radius 3 is 2.76 bits per heavy atom. The Hall–Kier alpha value is -1.19. The third-order valence-corrected chi connectivity index (χ3v) is 3.68. The Balaban J connectivity index is 2.39. The van der Waals surface area contributed by atoms with E-state index >= 15 is 0 Å². The molecule has 0 saturated carbocycles. The number of thiophene rings is 1. The smallest absolute Gasteiger partial charge is 0.123 e. The van der Waals surface area contributed by atoms with Gasteiger partial charge in [-0.15, -0.1) is 0 Å². The number of halogens is 1. The second kappa shape index (κ2) is 5.43. The van der Waals surface area contributed by atoms with Crippen LogP contribution in [-0.4, -0.2) is 6.54 Å². The fourth-order valence-electron chi connectivity index (χ4n) is 1.96. The molecule has 1 aromatic heterocycles. The average molecular weight is 249 g/mol. The third-order valence-electron chi connectivity index (χ3n) is 2.80. The van der Waals surface area contributed by atoms with Crippen molar-refractivity contribution < 1.29 is 4.39 Å². The molecule has 0 aliphatic rings. The van der Waals surface area contributed by atoms with E-state index < -0.39 is 0 Å². The van der Waals surface area contributed by atoms with Crippen LogP contribution in [0.1, 0.15) is 29.7 Å². The summed E-state index contributed by atoms with van der Waals surface area (Å²) < 4.78 is 13.3. The molecule has 1 N–H and O–H groups in total. The highest BCUT2D eigenvalue weighted by Gasteiger charge is 2.16. The highest BCUT2D eigenvalue weighted by molar-refractivity contribution is 7.08. The Bertz CT molecular complexity index is 492. The van der Waals surface area contributed by atoms with Gasteiger partial charge in [-0.25, -0.2) is 4.39 Å². The molecule has 0 amide bonds. The van der Waals surface area contributed by atoms with Crippen molar-refractivity contribution in [1.29, 1.82) is 0 Å². The second-order valence-corrected chi connectivity index (χ2v) is 4.80. The lowest BCUT2D eigenvalue weighted by atomic mass is 9.98. The lowest BCUT2D eigenvalue weighted by molar-refractivity contribution is 0.603. The molecule has 2 rings (SSSR count). The molecule has 0 aliphatic carbocycles. The minimum absolute atomic E-state index is 0.0851. The fourth-order valence-corrected chi connectivity index (χ4v) is 2.84. The van der Waals surface area contributed by atoms with Crippen LogP contribution in [0.25, 0.3) is 0 Å². The molecule has 0 fully saturated rings. The van der Waals surface area contributed by atoms with Crippen LogP contribution in [0, 0.1) is 12.7 Å². The van der Waals surface area contributed by atoms with Crippen LogP contribution >= 0.6 is 11.3 Å². The minimum atomic E-state index is -0.182. The summed E-state index contributed by atoms with van der Waals surface area (Å²) in [7, 11) is 0. The largest absolute Gasteiger partial charge is 0.306 e. The summed E-state index contributed by atoms with van der Waals surface area (Å²) in [5.74, 6) is -0.182. The van der Waals surface area contributed by atoms with Crippen molar-refractivity contribution in [3.05, 3.63) is 57.5 Å². The predicted octanol–water partition coefficient (Wildman–Crippen LogP) is 3.89. The zero-order valence-corrected chi connectivity index (χ0v) is 10.9. The van der Waals surface area contributed by atoms with E-state index in [0.717, 1.165) is 12.1 Å². The number of aryl methyl sites for hydroxylation is 1. The van der Waals surface area contributed by atoms with Gasteiger partial charge in [0.15, 0.2) is 0 Å². The summed E-state index contributed by atoms with van der Waals surface area (Å²) in [6, 6.07) is 6.89. The van der Waals surface area contributed by atoms with E-state index in [2.05, 4.69) is 29.9 Å². The van der Waals surface area contributed by atoms with Gasteiger partial charge < -0.3 is 5.32 Å². The van der Waals surface area contributed by atoms with Gasteiger partial charge in [0.2, 0.25) is 0 Å². The molecule has 1 unspecified atom stereocenters. The molecule has 1 atom stereocenters. The van der Waals surface area contributed by atoms with E-state index in [1.165, 1.54) is 17.2 Å². The normalized spacial score (nSPS) is 12.6. The van der Waals surface area contributed by atoms with Crippen molar-refractivity contribution in [3.8, 4) is 0 Å². The molecule has 0 aliphatic heterocycles. The van der Waals surface area contributed by atoms with Gasteiger partial charge in [0, 0.05) is 0 Å².